The Hall–Kier alpha value is -2.34. The summed E-state index contributed by atoms with van der Waals surface area (Å²) in [7, 11) is 0. The molecule has 4 nitrogen and oxygen atoms in total. The molecule has 2 N–H and O–H groups in total. The van der Waals surface area contributed by atoms with E-state index in [9.17, 15) is 9.18 Å². The average Bonchev–Trinajstić information content (AvgIpc) is 2.89. The van der Waals surface area contributed by atoms with Crippen molar-refractivity contribution in [2.24, 2.45) is 0 Å². The Kier molecular flexibility index (Phi) is 4.11. The van der Waals surface area contributed by atoms with Crippen molar-refractivity contribution in [2.75, 3.05) is 11.1 Å². The minimum absolute atomic E-state index is 0.159. The number of aryl methyl sites for hydroxylation is 1. The molecule has 1 heterocycles. The van der Waals surface area contributed by atoms with Crippen LogP contribution in [0.15, 0.2) is 47.6 Å². The van der Waals surface area contributed by atoms with Crippen LogP contribution in [0, 0.1) is 12.7 Å². The Morgan fingerprint density at radius 3 is 2.82 bits per heavy atom. The van der Waals surface area contributed by atoms with Crippen LogP contribution in [-0.2, 0) is 4.79 Å². The second-order valence-electron chi connectivity index (χ2n) is 4.91. The lowest BCUT2D eigenvalue weighted by molar-refractivity contribution is -0.113. The van der Waals surface area contributed by atoms with E-state index in [0.717, 1.165) is 16.6 Å². The highest BCUT2D eigenvalue weighted by atomic mass is 32.2. The van der Waals surface area contributed by atoms with Crippen LogP contribution >= 0.6 is 11.8 Å². The summed E-state index contributed by atoms with van der Waals surface area (Å²) in [6.45, 7) is 2.02. The molecule has 0 aliphatic heterocycles. The number of carbonyl (C=O) groups excluding carboxylic acids is 1. The number of imidazole rings is 1. The monoisotopic (exact) mass is 315 g/mol. The van der Waals surface area contributed by atoms with Crippen molar-refractivity contribution in [1.29, 1.82) is 0 Å². The van der Waals surface area contributed by atoms with E-state index in [2.05, 4.69) is 15.3 Å². The number of aromatic nitrogens is 2. The first-order valence-electron chi connectivity index (χ1n) is 6.75. The molecule has 3 rings (SSSR count). The van der Waals surface area contributed by atoms with Crippen LogP contribution in [0.25, 0.3) is 11.0 Å². The molecule has 22 heavy (non-hydrogen) atoms. The third-order valence-corrected chi connectivity index (χ3v) is 3.96. The molecule has 2 aromatic carbocycles. The van der Waals surface area contributed by atoms with Gasteiger partial charge in [-0.05, 0) is 48.9 Å². The summed E-state index contributed by atoms with van der Waals surface area (Å²) in [4.78, 5) is 19.5. The molecule has 3 aromatic rings. The van der Waals surface area contributed by atoms with Crippen molar-refractivity contribution in [3.05, 3.63) is 53.8 Å². The second-order valence-corrected chi connectivity index (χ2v) is 5.87. The molecular formula is C16H14FN3OS. The molecule has 0 aliphatic rings. The molecule has 0 radical (unpaired) electrons. The third kappa shape index (κ3) is 3.46. The number of carbonyl (C=O) groups is 1. The van der Waals surface area contributed by atoms with Gasteiger partial charge in [0.05, 0.1) is 16.8 Å². The van der Waals surface area contributed by atoms with Crippen molar-refractivity contribution >= 4 is 34.4 Å². The van der Waals surface area contributed by atoms with Gasteiger partial charge >= 0.3 is 0 Å². The van der Waals surface area contributed by atoms with E-state index in [1.165, 1.54) is 36.0 Å². The highest BCUT2D eigenvalue weighted by Gasteiger charge is 2.07. The summed E-state index contributed by atoms with van der Waals surface area (Å²) in [5.74, 6) is -0.255. The van der Waals surface area contributed by atoms with E-state index in [4.69, 9.17) is 0 Å². The van der Waals surface area contributed by atoms with Gasteiger partial charge in [-0.2, -0.15) is 0 Å². The largest absolute Gasteiger partial charge is 0.333 e. The van der Waals surface area contributed by atoms with Crippen LogP contribution in [0.1, 0.15) is 5.56 Å². The predicted molar refractivity (Wildman–Crippen MR) is 86.6 cm³/mol. The molecule has 1 amide bonds. The summed E-state index contributed by atoms with van der Waals surface area (Å²) >= 11 is 1.33. The zero-order chi connectivity index (χ0) is 15.5. The molecule has 0 saturated heterocycles. The van der Waals surface area contributed by atoms with Crippen molar-refractivity contribution in [2.45, 2.75) is 12.1 Å². The predicted octanol–water partition coefficient (Wildman–Crippen LogP) is 3.74. The normalized spacial score (nSPS) is 10.8. The number of H-pyrrole nitrogens is 1. The van der Waals surface area contributed by atoms with E-state index in [-0.39, 0.29) is 17.5 Å². The number of hydrogen-bond donors (Lipinski definition) is 2. The van der Waals surface area contributed by atoms with Gasteiger partial charge < -0.3 is 10.3 Å². The molecule has 0 saturated carbocycles. The summed E-state index contributed by atoms with van der Waals surface area (Å²) in [6.07, 6.45) is 0. The van der Waals surface area contributed by atoms with Gasteiger partial charge in [0.25, 0.3) is 0 Å². The molecule has 6 heteroatoms. The molecular weight excluding hydrogens is 301 g/mol. The highest BCUT2D eigenvalue weighted by Crippen LogP contribution is 2.20. The maximum absolute atomic E-state index is 12.8. The van der Waals surface area contributed by atoms with Crippen molar-refractivity contribution in [3.63, 3.8) is 0 Å². The quantitative estimate of drug-likeness (QED) is 0.721. The van der Waals surface area contributed by atoms with Gasteiger partial charge in [-0.1, -0.05) is 17.8 Å². The number of hydrogen-bond acceptors (Lipinski definition) is 3. The number of benzene rings is 2. The number of rotatable bonds is 4. The molecule has 0 atom stereocenters. The SMILES string of the molecule is Cc1ccc2nc(SCC(=O)Nc3ccc(F)cc3)[nH]c2c1. The number of aromatic amines is 1. The lowest BCUT2D eigenvalue weighted by Gasteiger charge is -2.03. The van der Waals surface area contributed by atoms with Crippen LogP contribution in [0.4, 0.5) is 10.1 Å². The lowest BCUT2D eigenvalue weighted by atomic mass is 10.2. The van der Waals surface area contributed by atoms with Gasteiger partial charge in [0, 0.05) is 5.69 Å². The van der Waals surface area contributed by atoms with Crippen molar-refractivity contribution in [3.8, 4) is 0 Å². The number of nitrogens with one attached hydrogen (secondary N) is 2. The second kappa shape index (κ2) is 6.19. The highest BCUT2D eigenvalue weighted by molar-refractivity contribution is 7.99. The molecule has 0 spiro atoms. The number of amides is 1. The van der Waals surface area contributed by atoms with E-state index >= 15 is 0 Å². The minimum Gasteiger partial charge on any atom is -0.333 e. The molecule has 0 aliphatic carbocycles. The van der Waals surface area contributed by atoms with E-state index in [1.54, 1.807) is 0 Å². The van der Waals surface area contributed by atoms with Crippen LogP contribution in [0.2, 0.25) is 0 Å². The van der Waals surface area contributed by atoms with E-state index < -0.39 is 0 Å². The molecule has 0 fully saturated rings. The number of thioether (sulfide) groups is 1. The van der Waals surface area contributed by atoms with Crippen LogP contribution in [0.3, 0.4) is 0 Å². The Labute approximate surface area is 131 Å². The third-order valence-electron chi connectivity index (χ3n) is 3.08. The Balaban J connectivity index is 1.61. The Morgan fingerprint density at radius 1 is 1.27 bits per heavy atom. The summed E-state index contributed by atoms with van der Waals surface area (Å²) in [5, 5.41) is 3.42. The maximum Gasteiger partial charge on any atom is 0.234 e. The van der Waals surface area contributed by atoms with Gasteiger partial charge in [0.15, 0.2) is 5.16 Å². The van der Waals surface area contributed by atoms with E-state index in [1.807, 2.05) is 25.1 Å². The fourth-order valence-electron chi connectivity index (χ4n) is 2.03. The Bertz CT molecular complexity index is 814. The molecule has 0 bridgehead atoms. The first kappa shape index (κ1) is 14.6. The number of halogens is 1. The first-order valence-corrected chi connectivity index (χ1v) is 7.73. The van der Waals surface area contributed by atoms with Gasteiger partial charge in [0.1, 0.15) is 5.82 Å². The number of fused-ring (bicyclic) bond motifs is 1. The summed E-state index contributed by atoms with van der Waals surface area (Å²) in [6, 6.07) is 11.6. The molecule has 0 unspecified atom stereocenters. The topological polar surface area (TPSA) is 57.8 Å². The van der Waals surface area contributed by atoms with Crippen LogP contribution in [0.5, 0.6) is 0 Å². The Morgan fingerprint density at radius 2 is 2.05 bits per heavy atom. The molecule has 112 valence electrons. The fraction of sp³-hybridized carbons (Fsp3) is 0.125. The van der Waals surface area contributed by atoms with Crippen LogP contribution in [-0.4, -0.2) is 21.6 Å². The number of nitrogens with zero attached hydrogens (tertiary/aromatic N) is 1. The summed E-state index contributed by atoms with van der Waals surface area (Å²) < 4.78 is 12.8. The average molecular weight is 315 g/mol. The van der Waals surface area contributed by atoms with Gasteiger partial charge in [-0.25, -0.2) is 9.37 Å². The zero-order valence-corrected chi connectivity index (χ0v) is 12.7. The first-order chi connectivity index (χ1) is 10.6. The summed E-state index contributed by atoms with van der Waals surface area (Å²) in [5.41, 5.74) is 3.57. The zero-order valence-electron chi connectivity index (χ0n) is 11.9. The minimum atomic E-state index is -0.329. The van der Waals surface area contributed by atoms with Crippen molar-refractivity contribution < 1.29 is 9.18 Å². The maximum atomic E-state index is 12.8. The molecule has 1 aromatic heterocycles. The van der Waals surface area contributed by atoms with Gasteiger partial charge in [0.2, 0.25) is 5.91 Å². The van der Waals surface area contributed by atoms with E-state index in [0.29, 0.717) is 10.8 Å². The standard InChI is InChI=1S/C16H14FN3OS/c1-10-2-7-13-14(8-10)20-16(19-13)22-9-15(21)18-12-5-3-11(17)4-6-12/h2-8H,9H2,1H3,(H,18,21)(H,19,20). The smallest absolute Gasteiger partial charge is 0.234 e. The van der Waals surface area contributed by atoms with Crippen molar-refractivity contribution in [1.82, 2.24) is 9.97 Å². The van der Waals surface area contributed by atoms with Gasteiger partial charge in [-0.15, -0.1) is 0 Å². The fourth-order valence-corrected chi connectivity index (χ4v) is 2.72. The van der Waals surface area contributed by atoms with Crippen LogP contribution < -0.4 is 5.32 Å². The lowest BCUT2D eigenvalue weighted by Crippen LogP contribution is -2.14. The number of anilines is 1. The van der Waals surface area contributed by atoms with Gasteiger partial charge in [-0.3, -0.25) is 4.79 Å².